The van der Waals surface area contributed by atoms with Crippen molar-refractivity contribution in [2.24, 2.45) is 23.0 Å². The van der Waals surface area contributed by atoms with Gasteiger partial charge in [0.1, 0.15) is 22.5 Å². The van der Waals surface area contributed by atoms with Crippen molar-refractivity contribution in [1.82, 2.24) is 25.4 Å². The highest BCUT2D eigenvalue weighted by Crippen LogP contribution is 2.33. The van der Waals surface area contributed by atoms with Crippen LogP contribution in [0.3, 0.4) is 0 Å². The normalized spacial score (nSPS) is 18.3. The number of carboxylic acids is 1. The number of rotatable bonds is 25. The minimum absolute atomic E-state index is 0.0835. The second kappa shape index (κ2) is 23.2. The summed E-state index contributed by atoms with van der Waals surface area (Å²) in [4.78, 5) is 76.3. The Morgan fingerprint density at radius 1 is 1.07 bits per heavy atom. The third-order valence-electron chi connectivity index (χ3n) is 12.0. The molecule has 3 amide bonds. The summed E-state index contributed by atoms with van der Waals surface area (Å²) in [7, 11) is 0. The summed E-state index contributed by atoms with van der Waals surface area (Å²) in [5.74, 6) is -2.55. The van der Waals surface area contributed by atoms with Gasteiger partial charge in [0.25, 0.3) is 5.91 Å². The Hall–Kier alpha value is -4.08. The van der Waals surface area contributed by atoms with Gasteiger partial charge in [-0.25, -0.2) is 4.98 Å². The topological polar surface area (TPSA) is 204 Å². The molecular weight excluding hydrogens is 785 g/mol. The van der Waals surface area contributed by atoms with E-state index in [1.807, 2.05) is 39.5 Å². The van der Waals surface area contributed by atoms with Gasteiger partial charge in [-0.1, -0.05) is 72.4 Å². The molecular formula is C45H72N6O8S. The summed E-state index contributed by atoms with van der Waals surface area (Å²) in [6, 6.07) is 4.74. The number of carbonyl (C=O) groups is 5. The van der Waals surface area contributed by atoms with Gasteiger partial charge in [0.15, 0.2) is 6.10 Å². The number of thiazole rings is 1. The van der Waals surface area contributed by atoms with E-state index >= 15 is 0 Å². The Morgan fingerprint density at radius 3 is 2.33 bits per heavy atom. The number of carbonyl (C=O) groups excluding carboxylic acids is 4. The van der Waals surface area contributed by atoms with Crippen molar-refractivity contribution in [2.75, 3.05) is 26.2 Å². The third-order valence-corrected chi connectivity index (χ3v) is 13.0. The maximum atomic E-state index is 15.0. The van der Waals surface area contributed by atoms with Gasteiger partial charge in [0.05, 0.1) is 11.0 Å². The first-order valence-corrected chi connectivity index (χ1v) is 22.7. The molecule has 3 rings (SSSR count). The van der Waals surface area contributed by atoms with E-state index in [4.69, 9.17) is 10.5 Å². The number of nitrogens with two attached hydrogens (primary N) is 1. The lowest BCUT2D eigenvalue weighted by Crippen LogP contribution is -2.61. The number of phenols is 1. The van der Waals surface area contributed by atoms with Crippen LogP contribution in [0, 0.1) is 17.3 Å². The van der Waals surface area contributed by atoms with E-state index in [0.717, 1.165) is 44.2 Å². The van der Waals surface area contributed by atoms with Gasteiger partial charge < -0.3 is 36.2 Å². The molecule has 1 aromatic carbocycles. The highest BCUT2D eigenvalue weighted by molar-refractivity contribution is 7.09. The molecule has 2 heterocycles. The van der Waals surface area contributed by atoms with Crippen LogP contribution in [-0.4, -0.2) is 105 Å². The molecule has 0 radical (unpaired) electrons. The van der Waals surface area contributed by atoms with Gasteiger partial charge in [-0.2, -0.15) is 0 Å². The predicted octanol–water partition coefficient (Wildman–Crippen LogP) is 6.46. The molecule has 6 N–H and O–H groups in total. The first-order valence-electron chi connectivity index (χ1n) is 21.8. The maximum absolute atomic E-state index is 15.0. The van der Waals surface area contributed by atoms with Crippen molar-refractivity contribution in [3.63, 3.8) is 0 Å². The SMILES string of the molecule is CCCCCCN(C(=O)C(NC(=O)[C@@]1(C)CCCN1CCN)C(C)CC)C(CC(OC(C)=O)c1nc(C(=O)NC(Cc2ccc(O)cc2)CC(C)(C)C(=O)O)cs1)C(C)C. The molecule has 1 aliphatic rings. The van der Waals surface area contributed by atoms with Crippen LogP contribution >= 0.6 is 11.3 Å². The molecule has 0 aliphatic carbocycles. The summed E-state index contributed by atoms with van der Waals surface area (Å²) in [5.41, 5.74) is 4.88. The average molecular weight is 857 g/mol. The standard InChI is InChI=1S/C45H72N6O8S/c1-10-12-13-14-23-51(41(55)38(30(5)11-2)49-42(56)45(9)20-15-22-50(45)24-21-46)36(29(3)4)26-37(59-31(6)52)40-48-35(28-60-40)39(54)47-33(27-44(7,8)43(57)58)25-32-16-18-34(53)19-17-32/h16-19,28-30,33,36-38,53H,10-15,20-27,46H2,1-9H3,(H,47,54)(H,49,56)(H,57,58)/t30?,33?,36?,37?,38?,45-/m1/s1. The molecule has 14 nitrogen and oxygen atoms in total. The molecule has 0 spiro atoms. The number of nitrogens with zero attached hydrogens (tertiary/aromatic N) is 3. The number of esters is 1. The molecule has 0 bridgehead atoms. The Bertz CT molecular complexity index is 1720. The molecule has 15 heteroatoms. The van der Waals surface area contributed by atoms with Crippen LogP contribution in [0.2, 0.25) is 0 Å². The van der Waals surface area contributed by atoms with Gasteiger partial charge in [-0.15, -0.1) is 11.3 Å². The second-order valence-corrected chi connectivity index (χ2v) is 18.6. The highest BCUT2D eigenvalue weighted by Gasteiger charge is 2.45. The van der Waals surface area contributed by atoms with Gasteiger partial charge in [-0.05, 0) is 89.0 Å². The van der Waals surface area contributed by atoms with E-state index in [-0.39, 0.29) is 47.9 Å². The molecule has 2 aromatic rings. The van der Waals surface area contributed by atoms with E-state index in [1.165, 1.54) is 30.4 Å². The molecule has 5 unspecified atom stereocenters. The number of ether oxygens (including phenoxy) is 1. The monoisotopic (exact) mass is 857 g/mol. The molecule has 0 saturated carbocycles. The Balaban J connectivity index is 1.96. The highest BCUT2D eigenvalue weighted by atomic mass is 32.1. The number of aromatic hydroxyl groups is 1. The summed E-state index contributed by atoms with van der Waals surface area (Å²) in [6.45, 7) is 18.9. The number of benzene rings is 1. The van der Waals surface area contributed by atoms with E-state index in [1.54, 1.807) is 31.4 Å². The maximum Gasteiger partial charge on any atom is 0.309 e. The van der Waals surface area contributed by atoms with E-state index in [2.05, 4.69) is 27.4 Å². The molecule has 336 valence electrons. The van der Waals surface area contributed by atoms with Crippen LogP contribution in [0.1, 0.15) is 147 Å². The largest absolute Gasteiger partial charge is 0.508 e. The molecule has 1 aliphatic heterocycles. The minimum atomic E-state index is -1.15. The van der Waals surface area contributed by atoms with Crippen molar-refractivity contribution in [1.29, 1.82) is 0 Å². The lowest BCUT2D eigenvalue weighted by Gasteiger charge is -2.41. The van der Waals surface area contributed by atoms with Crippen molar-refractivity contribution < 1.29 is 38.9 Å². The van der Waals surface area contributed by atoms with Crippen LogP contribution in [0.5, 0.6) is 5.75 Å². The van der Waals surface area contributed by atoms with Crippen LogP contribution < -0.4 is 16.4 Å². The number of nitrogens with one attached hydrogen (secondary N) is 2. The number of carboxylic acid groups (broad SMARTS) is 1. The molecule has 60 heavy (non-hydrogen) atoms. The zero-order valence-corrected chi connectivity index (χ0v) is 38.2. The Morgan fingerprint density at radius 2 is 1.75 bits per heavy atom. The van der Waals surface area contributed by atoms with Crippen molar-refractivity contribution in [3.05, 3.63) is 45.9 Å². The van der Waals surface area contributed by atoms with Crippen molar-refractivity contribution in [3.8, 4) is 5.75 Å². The quantitative estimate of drug-likeness (QED) is 0.0541. The Kier molecular flexibility index (Phi) is 19.5. The first kappa shape index (κ1) is 50.3. The number of aliphatic carboxylic acids is 1. The van der Waals surface area contributed by atoms with Gasteiger partial charge >= 0.3 is 11.9 Å². The smallest absolute Gasteiger partial charge is 0.309 e. The van der Waals surface area contributed by atoms with Gasteiger partial charge in [-0.3, -0.25) is 28.9 Å². The van der Waals surface area contributed by atoms with Crippen LogP contribution in [0.4, 0.5) is 0 Å². The second-order valence-electron chi connectivity index (χ2n) is 17.7. The van der Waals surface area contributed by atoms with Gasteiger partial charge in [0, 0.05) is 50.4 Å². The first-order chi connectivity index (χ1) is 28.3. The number of aromatic nitrogens is 1. The average Bonchev–Trinajstić information content (AvgIpc) is 3.84. The third kappa shape index (κ3) is 14.0. The number of hydrogen-bond donors (Lipinski definition) is 5. The number of phenolic OH excluding ortho intramolecular Hbond substituents is 1. The molecule has 1 saturated heterocycles. The fourth-order valence-electron chi connectivity index (χ4n) is 8.07. The fourth-order valence-corrected chi connectivity index (χ4v) is 8.91. The summed E-state index contributed by atoms with van der Waals surface area (Å²) < 4.78 is 5.92. The Labute approximate surface area is 361 Å². The van der Waals surface area contributed by atoms with Crippen LogP contribution in [0.15, 0.2) is 29.6 Å². The fraction of sp³-hybridized carbons (Fsp3) is 0.689. The molecule has 1 aromatic heterocycles. The van der Waals surface area contributed by atoms with E-state index in [0.29, 0.717) is 43.9 Å². The number of unbranched alkanes of at least 4 members (excludes halogenated alkanes) is 3. The van der Waals surface area contributed by atoms with Crippen LogP contribution in [-0.2, 0) is 30.3 Å². The molecule has 6 atom stereocenters. The lowest BCUT2D eigenvalue weighted by atomic mass is 9.84. The zero-order valence-electron chi connectivity index (χ0n) is 37.4. The lowest BCUT2D eigenvalue weighted by molar-refractivity contribution is -0.150. The molecule has 1 fully saturated rings. The van der Waals surface area contributed by atoms with E-state index < -0.39 is 53.0 Å². The van der Waals surface area contributed by atoms with Crippen LogP contribution in [0.25, 0.3) is 0 Å². The minimum Gasteiger partial charge on any atom is -0.508 e. The summed E-state index contributed by atoms with van der Waals surface area (Å²) in [5, 5.41) is 27.8. The van der Waals surface area contributed by atoms with Crippen molar-refractivity contribution >= 4 is 41.0 Å². The number of amides is 3. The summed E-state index contributed by atoms with van der Waals surface area (Å²) >= 11 is 1.17. The van der Waals surface area contributed by atoms with E-state index in [9.17, 15) is 34.2 Å². The van der Waals surface area contributed by atoms with Gasteiger partial charge in [0.2, 0.25) is 11.8 Å². The zero-order chi connectivity index (χ0) is 44.8. The number of likely N-dealkylation sites (tertiary alicyclic amines) is 1. The van der Waals surface area contributed by atoms with Crippen molar-refractivity contribution in [2.45, 2.75) is 156 Å². The summed E-state index contributed by atoms with van der Waals surface area (Å²) in [6.07, 6.45) is 5.70. The predicted molar refractivity (Wildman–Crippen MR) is 234 cm³/mol. The number of hydrogen-bond acceptors (Lipinski definition) is 11.